The predicted molar refractivity (Wildman–Crippen MR) is 82.2 cm³/mol. The van der Waals surface area contributed by atoms with E-state index in [2.05, 4.69) is 13.8 Å². The lowest BCUT2D eigenvalue weighted by Gasteiger charge is -2.11. The average Bonchev–Trinajstić information content (AvgIpc) is 2.90. The van der Waals surface area contributed by atoms with Crippen molar-refractivity contribution in [2.45, 2.75) is 84.1 Å². The normalized spacial score (nSPS) is 12.8. The third kappa shape index (κ3) is 6.29. The number of furan rings is 1. The van der Waals surface area contributed by atoms with Crippen LogP contribution in [0.1, 0.15) is 89.0 Å². The summed E-state index contributed by atoms with van der Waals surface area (Å²) in [6.07, 6.45) is 14.6. The zero-order valence-electron chi connectivity index (χ0n) is 12.8. The minimum atomic E-state index is 0.161. The summed E-state index contributed by atoms with van der Waals surface area (Å²) < 4.78 is 5.44. The van der Waals surface area contributed by atoms with E-state index in [-0.39, 0.29) is 6.04 Å². The molecule has 2 nitrogen and oxygen atoms in total. The van der Waals surface area contributed by atoms with Crippen molar-refractivity contribution in [1.82, 2.24) is 0 Å². The largest absolute Gasteiger partial charge is 0.469 e. The summed E-state index contributed by atoms with van der Waals surface area (Å²) >= 11 is 0. The Bertz CT molecular complexity index is 319. The molecule has 0 spiro atoms. The van der Waals surface area contributed by atoms with Crippen molar-refractivity contribution in [3.8, 4) is 0 Å². The van der Waals surface area contributed by atoms with Crippen molar-refractivity contribution in [2.75, 3.05) is 0 Å². The van der Waals surface area contributed by atoms with Crippen LogP contribution in [0.25, 0.3) is 0 Å². The first-order valence-corrected chi connectivity index (χ1v) is 8.11. The molecule has 0 saturated carbocycles. The van der Waals surface area contributed by atoms with Crippen LogP contribution in [-0.2, 0) is 6.42 Å². The molecule has 0 aliphatic carbocycles. The fraction of sp³-hybridized carbons (Fsp3) is 0.765. The van der Waals surface area contributed by atoms with Crippen LogP contribution in [-0.4, -0.2) is 0 Å². The molecule has 0 amide bonds. The first-order chi connectivity index (χ1) is 9.29. The van der Waals surface area contributed by atoms with E-state index in [1.165, 1.54) is 56.9 Å². The van der Waals surface area contributed by atoms with Crippen molar-refractivity contribution in [3.63, 3.8) is 0 Å². The Kier molecular flexibility index (Phi) is 8.64. The topological polar surface area (TPSA) is 39.2 Å². The maximum absolute atomic E-state index is 6.24. The van der Waals surface area contributed by atoms with Crippen molar-refractivity contribution < 1.29 is 4.42 Å². The molecule has 1 rings (SSSR count). The second-order valence-corrected chi connectivity index (χ2v) is 5.52. The van der Waals surface area contributed by atoms with Crippen molar-refractivity contribution in [2.24, 2.45) is 5.73 Å². The van der Waals surface area contributed by atoms with Gasteiger partial charge in [0.1, 0.15) is 5.76 Å². The first kappa shape index (κ1) is 16.3. The van der Waals surface area contributed by atoms with Crippen molar-refractivity contribution in [3.05, 3.63) is 23.7 Å². The molecule has 1 aromatic rings. The average molecular weight is 265 g/mol. The second kappa shape index (κ2) is 10.1. The highest BCUT2D eigenvalue weighted by molar-refractivity contribution is 5.20. The van der Waals surface area contributed by atoms with E-state index < -0.39 is 0 Å². The highest BCUT2D eigenvalue weighted by Gasteiger charge is 2.12. The molecule has 1 aromatic heterocycles. The summed E-state index contributed by atoms with van der Waals surface area (Å²) in [5.74, 6) is 1.06. The lowest BCUT2D eigenvalue weighted by atomic mass is 10.00. The Hall–Kier alpha value is -0.760. The standard InChI is InChI=1S/C17H31NO/c1-3-5-6-7-8-9-10-11-12-16(18)15-13-14-19-17(15)4-2/h13-14,16H,3-12,18H2,1-2H3. The molecular formula is C17H31NO. The van der Waals surface area contributed by atoms with Gasteiger partial charge < -0.3 is 10.2 Å². The monoisotopic (exact) mass is 265 g/mol. The molecule has 0 bridgehead atoms. The smallest absolute Gasteiger partial charge is 0.108 e. The molecule has 1 unspecified atom stereocenters. The molecule has 0 aliphatic rings. The SMILES string of the molecule is CCCCCCCCCCC(N)c1ccoc1CC. The highest BCUT2D eigenvalue weighted by Crippen LogP contribution is 2.23. The number of hydrogen-bond donors (Lipinski definition) is 1. The number of aryl methyl sites for hydroxylation is 1. The molecule has 1 atom stereocenters. The third-order valence-corrected chi connectivity index (χ3v) is 3.87. The van der Waals surface area contributed by atoms with Gasteiger partial charge in [0, 0.05) is 18.0 Å². The van der Waals surface area contributed by atoms with Crippen LogP contribution >= 0.6 is 0 Å². The summed E-state index contributed by atoms with van der Waals surface area (Å²) in [6, 6.07) is 2.20. The Morgan fingerprint density at radius 3 is 2.26 bits per heavy atom. The van der Waals surface area contributed by atoms with Crippen molar-refractivity contribution >= 4 is 0 Å². The van der Waals surface area contributed by atoms with Crippen LogP contribution in [0.3, 0.4) is 0 Å². The fourth-order valence-electron chi connectivity index (χ4n) is 2.62. The predicted octanol–water partition coefficient (Wildman–Crippen LogP) is 5.37. The number of rotatable bonds is 11. The lowest BCUT2D eigenvalue weighted by molar-refractivity contribution is 0.494. The van der Waals surface area contributed by atoms with Gasteiger partial charge in [-0.2, -0.15) is 0 Å². The van der Waals surface area contributed by atoms with Gasteiger partial charge in [-0.3, -0.25) is 0 Å². The number of hydrogen-bond acceptors (Lipinski definition) is 2. The van der Waals surface area contributed by atoms with Gasteiger partial charge >= 0.3 is 0 Å². The molecule has 0 radical (unpaired) electrons. The van der Waals surface area contributed by atoms with E-state index in [1.807, 2.05) is 6.07 Å². The van der Waals surface area contributed by atoms with Gasteiger partial charge in [-0.25, -0.2) is 0 Å². The molecule has 0 fully saturated rings. The molecule has 19 heavy (non-hydrogen) atoms. The van der Waals surface area contributed by atoms with Crippen LogP contribution in [0, 0.1) is 0 Å². The quantitative estimate of drug-likeness (QED) is 0.546. The van der Waals surface area contributed by atoms with Gasteiger partial charge in [0.25, 0.3) is 0 Å². The fourth-order valence-corrected chi connectivity index (χ4v) is 2.62. The summed E-state index contributed by atoms with van der Waals surface area (Å²) in [4.78, 5) is 0. The molecule has 110 valence electrons. The van der Waals surface area contributed by atoms with Crippen LogP contribution in [0.2, 0.25) is 0 Å². The van der Waals surface area contributed by atoms with Crippen LogP contribution in [0.5, 0.6) is 0 Å². The highest BCUT2D eigenvalue weighted by atomic mass is 16.3. The zero-order chi connectivity index (χ0) is 13.9. The van der Waals surface area contributed by atoms with E-state index in [9.17, 15) is 0 Å². The lowest BCUT2D eigenvalue weighted by Crippen LogP contribution is -2.10. The van der Waals surface area contributed by atoms with E-state index in [0.29, 0.717) is 0 Å². The van der Waals surface area contributed by atoms with Crippen molar-refractivity contribution in [1.29, 1.82) is 0 Å². The second-order valence-electron chi connectivity index (χ2n) is 5.52. The molecule has 0 aromatic carbocycles. The number of nitrogens with two attached hydrogens (primary N) is 1. The summed E-state index contributed by atoms with van der Waals surface area (Å²) in [6.45, 7) is 4.38. The van der Waals surface area contributed by atoms with Gasteiger partial charge in [-0.15, -0.1) is 0 Å². The van der Waals surface area contributed by atoms with E-state index >= 15 is 0 Å². The van der Waals surface area contributed by atoms with Crippen LogP contribution in [0.4, 0.5) is 0 Å². The van der Waals surface area contributed by atoms with Gasteiger partial charge in [-0.1, -0.05) is 65.2 Å². The Morgan fingerprint density at radius 2 is 1.63 bits per heavy atom. The summed E-state index contributed by atoms with van der Waals surface area (Å²) in [7, 11) is 0. The molecule has 0 saturated heterocycles. The van der Waals surface area contributed by atoms with Crippen LogP contribution < -0.4 is 5.73 Å². The maximum Gasteiger partial charge on any atom is 0.108 e. The maximum atomic E-state index is 6.24. The first-order valence-electron chi connectivity index (χ1n) is 8.11. The Balaban J connectivity index is 2.06. The molecule has 2 N–H and O–H groups in total. The molecule has 2 heteroatoms. The van der Waals surface area contributed by atoms with Crippen LogP contribution in [0.15, 0.2) is 16.7 Å². The third-order valence-electron chi connectivity index (χ3n) is 3.87. The van der Waals surface area contributed by atoms with E-state index in [4.69, 9.17) is 10.2 Å². The minimum Gasteiger partial charge on any atom is -0.469 e. The Morgan fingerprint density at radius 1 is 1.00 bits per heavy atom. The van der Waals surface area contributed by atoms with Gasteiger partial charge in [0.05, 0.1) is 6.26 Å². The van der Waals surface area contributed by atoms with E-state index in [1.54, 1.807) is 6.26 Å². The number of unbranched alkanes of at least 4 members (excludes halogenated alkanes) is 7. The molecule has 0 aliphatic heterocycles. The zero-order valence-corrected chi connectivity index (χ0v) is 12.8. The van der Waals surface area contributed by atoms with E-state index in [0.717, 1.165) is 18.6 Å². The summed E-state index contributed by atoms with van der Waals surface area (Å²) in [5.41, 5.74) is 7.45. The Labute approximate surface area is 118 Å². The molecule has 1 heterocycles. The van der Waals surface area contributed by atoms with Gasteiger partial charge in [-0.05, 0) is 12.5 Å². The van der Waals surface area contributed by atoms with Gasteiger partial charge in [0.15, 0.2) is 0 Å². The van der Waals surface area contributed by atoms with Gasteiger partial charge in [0.2, 0.25) is 0 Å². The molecular weight excluding hydrogens is 234 g/mol. The summed E-state index contributed by atoms with van der Waals surface area (Å²) in [5, 5.41) is 0. The minimum absolute atomic E-state index is 0.161.